The maximum atomic E-state index is 13.4. The molecule has 0 fully saturated rings. The van der Waals surface area contributed by atoms with E-state index >= 15 is 0 Å². The van der Waals surface area contributed by atoms with Crippen LogP contribution in [0.2, 0.25) is 0 Å². The van der Waals surface area contributed by atoms with Gasteiger partial charge in [0, 0.05) is 12.1 Å². The lowest BCUT2D eigenvalue weighted by atomic mass is 9.91. The van der Waals surface area contributed by atoms with Gasteiger partial charge in [-0.1, -0.05) is 18.2 Å². The molecule has 5 heteroatoms. The summed E-state index contributed by atoms with van der Waals surface area (Å²) in [4.78, 5) is 25.8. The Morgan fingerprint density at radius 1 is 1.43 bits per heavy atom. The molecule has 1 N–H and O–H groups in total. The Morgan fingerprint density at radius 2 is 2.24 bits per heavy atom. The van der Waals surface area contributed by atoms with Gasteiger partial charge in [0.1, 0.15) is 5.82 Å². The first kappa shape index (κ1) is 13.5. The van der Waals surface area contributed by atoms with Crippen molar-refractivity contribution in [3.63, 3.8) is 0 Å². The summed E-state index contributed by atoms with van der Waals surface area (Å²) in [5, 5.41) is 2.80. The normalized spacial score (nSPS) is 21.1. The Labute approximate surface area is 121 Å². The Kier molecular flexibility index (Phi) is 3.33. The molecule has 1 unspecified atom stereocenters. The number of allylic oxidation sites excluding steroid dienone is 1. The second-order valence-electron chi connectivity index (χ2n) is 5.14. The predicted molar refractivity (Wildman–Crippen MR) is 75.8 cm³/mol. The highest BCUT2D eigenvalue weighted by molar-refractivity contribution is 5.99. The maximum absolute atomic E-state index is 13.4. The highest BCUT2D eigenvalue weighted by Crippen LogP contribution is 2.33. The number of carbonyl (C=O) groups excluding carboxylic acids is 2. The quantitative estimate of drug-likeness (QED) is 0.908. The van der Waals surface area contributed by atoms with Crippen molar-refractivity contribution in [1.29, 1.82) is 0 Å². The van der Waals surface area contributed by atoms with Crippen LogP contribution in [0.25, 0.3) is 0 Å². The van der Waals surface area contributed by atoms with Gasteiger partial charge in [0.05, 0.1) is 11.7 Å². The number of hydrogen-bond donors (Lipinski definition) is 1. The van der Waals surface area contributed by atoms with Crippen molar-refractivity contribution in [2.45, 2.75) is 19.4 Å². The zero-order valence-corrected chi connectivity index (χ0v) is 11.6. The van der Waals surface area contributed by atoms with Crippen LogP contribution in [0, 0.1) is 5.82 Å². The smallest absolute Gasteiger partial charge is 0.322 e. The number of amides is 2. The van der Waals surface area contributed by atoms with Crippen molar-refractivity contribution < 1.29 is 14.0 Å². The number of ketones is 1. The Morgan fingerprint density at radius 3 is 2.95 bits per heavy atom. The van der Waals surface area contributed by atoms with Gasteiger partial charge < -0.3 is 5.32 Å². The monoisotopic (exact) mass is 286 g/mol. The SMILES string of the molecule is CC(=O)C1=C2C=CCCN2C(=O)NC1c1cccc(F)c1. The van der Waals surface area contributed by atoms with E-state index in [9.17, 15) is 14.0 Å². The highest BCUT2D eigenvalue weighted by Gasteiger charge is 2.35. The van der Waals surface area contributed by atoms with Crippen molar-refractivity contribution in [3.05, 3.63) is 59.1 Å². The van der Waals surface area contributed by atoms with Crippen LogP contribution in [-0.2, 0) is 4.79 Å². The van der Waals surface area contributed by atoms with Crippen LogP contribution < -0.4 is 5.32 Å². The largest absolute Gasteiger partial charge is 0.327 e. The van der Waals surface area contributed by atoms with Crippen LogP contribution in [0.3, 0.4) is 0 Å². The van der Waals surface area contributed by atoms with Crippen molar-refractivity contribution in [2.24, 2.45) is 0 Å². The fourth-order valence-electron chi connectivity index (χ4n) is 2.80. The molecule has 0 radical (unpaired) electrons. The fraction of sp³-hybridized carbons (Fsp3) is 0.250. The van der Waals surface area contributed by atoms with Gasteiger partial charge in [-0.05, 0) is 37.1 Å². The zero-order valence-electron chi connectivity index (χ0n) is 11.6. The Balaban J connectivity index is 2.16. The average molecular weight is 286 g/mol. The van der Waals surface area contributed by atoms with Crippen molar-refractivity contribution in [3.8, 4) is 0 Å². The molecule has 1 atom stereocenters. The van der Waals surface area contributed by atoms with E-state index in [2.05, 4.69) is 5.32 Å². The van der Waals surface area contributed by atoms with E-state index < -0.39 is 11.9 Å². The minimum Gasteiger partial charge on any atom is -0.327 e. The summed E-state index contributed by atoms with van der Waals surface area (Å²) in [5.74, 6) is -0.521. The molecule has 1 aromatic carbocycles. The topological polar surface area (TPSA) is 49.4 Å². The number of nitrogens with zero attached hydrogens (tertiary/aromatic N) is 1. The lowest BCUT2D eigenvalue weighted by Gasteiger charge is -2.37. The van der Waals surface area contributed by atoms with Gasteiger partial charge in [-0.15, -0.1) is 0 Å². The molecule has 0 aliphatic carbocycles. The Hall–Kier alpha value is -2.43. The zero-order chi connectivity index (χ0) is 15.0. The first-order valence-corrected chi connectivity index (χ1v) is 6.83. The van der Waals surface area contributed by atoms with Gasteiger partial charge in [0.2, 0.25) is 0 Å². The third-order valence-corrected chi connectivity index (χ3v) is 3.72. The molecule has 2 aliphatic heterocycles. The van der Waals surface area contributed by atoms with Gasteiger partial charge in [-0.25, -0.2) is 9.18 Å². The second kappa shape index (κ2) is 5.16. The first-order valence-electron chi connectivity index (χ1n) is 6.83. The molecular formula is C16H15FN2O2. The number of nitrogens with one attached hydrogen (secondary N) is 1. The third kappa shape index (κ3) is 2.35. The summed E-state index contributed by atoms with van der Waals surface area (Å²) in [5.41, 5.74) is 1.68. The number of carbonyl (C=O) groups is 2. The van der Waals surface area contributed by atoms with E-state index in [1.165, 1.54) is 19.1 Å². The minimum atomic E-state index is -0.611. The molecule has 0 saturated carbocycles. The molecule has 2 amide bonds. The molecule has 1 aromatic rings. The standard InChI is InChI=1S/C16H15FN2O2/c1-10(20)14-13-7-2-3-8-19(13)16(21)18-15(14)11-5-4-6-12(17)9-11/h2,4-7,9,15H,3,8H2,1H3,(H,18,21). The molecule has 21 heavy (non-hydrogen) atoms. The lowest BCUT2D eigenvalue weighted by molar-refractivity contribution is -0.114. The summed E-state index contributed by atoms with van der Waals surface area (Å²) in [6.07, 6.45) is 4.49. The number of halogens is 1. The predicted octanol–water partition coefficient (Wildman–Crippen LogP) is 2.70. The van der Waals surface area contributed by atoms with E-state index in [0.29, 0.717) is 23.4 Å². The van der Waals surface area contributed by atoms with E-state index in [1.807, 2.05) is 6.08 Å². The van der Waals surface area contributed by atoms with E-state index in [-0.39, 0.29) is 11.8 Å². The van der Waals surface area contributed by atoms with Crippen LogP contribution >= 0.6 is 0 Å². The maximum Gasteiger partial charge on any atom is 0.322 e. The minimum absolute atomic E-state index is 0.129. The number of hydrogen-bond acceptors (Lipinski definition) is 2. The third-order valence-electron chi connectivity index (χ3n) is 3.72. The molecule has 0 aromatic heterocycles. The van der Waals surface area contributed by atoms with Crippen molar-refractivity contribution >= 4 is 11.8 Å². The van der Waals surface area contributed by atoms with Crippen LogP contribution in [0.5, 0.6) is 0 Å². The second-order valence-corrected chi connectivity index (χ2v) is 5.14. The molecule has 2 heterocycles. The van der Waals surface area contributed by atoms with Crippen LogP contribution in [0.15, 0.2) is 47.7 Å². The number of rotatable bonds is 2. The summed E-state index contributed by atoms with van der Waals surface area (Å²) in [6.45, 7) is 2.01. The van der Waals surface area contributed by atoms with E-state index in [0.717, 1.165) is 6.42 Å². The van der Waals surface area contributed by atoms with Crippen LogP contribution in [-0.4, -0.2) is 23.3 Å². The molecule has 0 spiro atoms. The average Bonchev–Trinajstić information content (AvgIpc) is 2.46. The summed E-state index contributed by atoms with van der Waals surface area (Å²) >= 11 is 0. The number of fused-ring (bicyclic) bond motifs is 1. The molecule has 3 rings (SSSR count). The molecular weight excluding hydrogens is 271 g/mol. The Bertz CT molecular complexity index is 679. The van der Waals surface area contributed by atoms with Gasteiger partial charge in [-0.2, -0.15) is 0 Å². The van der Waals surface area contributed by atoms with Gasteiger partial charge in [0.25, 0.3) is 0 Å². The number of urea groups is 1. The number of benzene rings is 1. The van der Waals surface area contributed by atoms with E-state index in [1.54, 1.807) is 23.1 Å². The molecule has 2 aliphatic rings. The first-order chi connectivity index (χ1) is 10.1. The fourth-order valence-corrected chi connectivity index (χ4v) is 2.80. The van der Waals surface area contributed by atoms with Gasteiger partial charge in [0.15, 0.2) is 5.78 Å². The van der Waals surface area contributed by atoms with Crippen molar-refractivity contribution in [1.82, 2.24) is 10.2 Å². The van der Waals surface area contributed by atoms with Crippen LogP contribution in [0.4, 0.5) is 9.18 Å². The lowest BCUT2D eigenvalue weighted by Crippen LogP contribution is -2.48. The number of Topliss-reactive ketones (excluding diaryl/α,β-unsaturated/α-hetero) is 1. The van der Waals surface area contributed by atoms with Gasteiger partial charge in [-0.3, -0.25) is 9.69 Å². The molecule has 0 saturated heterocycles. The molecule has 108 valence electrons. The summed E-state index contributed by atoms with van der Waals surface area (Å²) < 4.78 is 13.4. The highest BCUT2D eigenvalue weighted by atomic mass is 19.1. The summed E-state index contributed by atoms with van der Waals surface area (Å²) in [7, 11) is 0. The molecule has 0 bridgehead atoms. The van der Waals surface area contributed by atoms with E-state index in [4.69, 9.17) is 0 Å². The van der Waals surface area contributed by atoms with Gasteiger partial charge >= 0.3 is 6.03 Å². The molecule has 4 nitrogen and oxygen atoms in total. The van der Waals surface area contributed by atoms with Crippen molar-refractivity contribution in [2.75, 3.05) is 6.54 Å². The summed E-state index contributed by atoms with van der Waals surface area (Å²) in [6, 6.07) is 5.09. The van der Waals surface area contributed by atoms with Crippen LogP contribution in [0.1, 0.15) is 24.9 Å².